The summed E-state index contributed by atoms with van der Waals surface area (Å²) in [6.07, 6.45) is 0.957. The Kier molecular flexibility index (Phi) is 13.3. The molecule has 2 aromatic rings. The number of halogens is 1. The smallest absolute Gasteiger partial charge is 0.191 e. The van der Waals surface area contributed by atoms with Crippen LogP contribution in [0.25, 0.3) is 0 Å². The summed E-state index contributed by atoms with van der Waals surface area (Å²) < 4.78 is 10.8. The fourth-order valence-electron chi connectivity index (χ4n) is 2.54. The minimum atomic E-state index is 0. The molecule has 6 heteroatoms. The summed E-state index contributed by atoms with van der Waals surface area (Å²) >= 11 is 0. The molecule has 0 aliphatic heterocycles. The van der Waals surface area contributed by atoms with E-state index in [0.29, 0.717) is 19.8 Å². The first-order valence-electron chi connectivity index (χ1n) is 9.52. The number of hydrogen-bond donors (Lipinski definition) is 2. The van der Waals surface area contributed by atoms with Gasteiger partial charge >= 0.3 is 0 Å². The maximum absolute atomic E-state index is 5.78. The van der Waals surface area contributed by atoms with E-state index in [1.54, 1.807) is 7.11 Å². The molecular weight excluding hydrogens is 465 g/mol. The molecule has 5 nitrogen and oxygen atoms in total. The highest BCUT2D eigenvalue weighted by atomic mass is 127. The van der Waals surface area contributed by atoms with Gasteiger partial charge in [-0.25, -0.2) is 4.99 Å². The van der Waals surface area contributed by atoms with E-state index in [9.17, 15) is 0 Å². The Hall–Kier alpha value is -1.64. The van der Waals surface area contributed by atoms with Crippen LogP contribution in [-0.2, 0) is 29.2 Å². The predicted molar refractivity (Wildman–Crippen MR) is 126 cm³/mol. The molecule has 0 bridgehead atoms. The molecule has 0 saturated carbocycles. The van der Waals surface area contributed by atoms with Crippen molar-refractivity contribution in [2.45, 2.75) is 33.1 Å². The lowest BCUT2D eigenvalue weighted by Gasteiger charge is -2.11. The van der Waals surface area contributed by atoms with Crippen LogP contribution in [0.5, 0.6) is 0 Å². The van der Waals surface area contributed by atoms with Crippen molar-refractivity contribution in [2.24, 2.45) is 4.99 Å². The summed E-state index contributed by atoms with van der Waals surface area (Å²) in [4.78, 5) is 4.64. The molecule has 2 N–H and O–H groups in total. The first kappa shape index (κ1) is 24.4. The van der Waals surface area contributed by atoms with Crippen LogP contribution in [0.2, 0.25) is 0 Å². The molecular formula is C22H32IN3O2. The van der Waals surface area contributed by atoms with E-state index in [-0.39, 0.29) is 24.0 Å². The summed E-state index contributed by atoms with van der Waals surface area (Å²) in [7, 11) is 1.72. The van der Waals surface area contributed by atoms with Gasteiger partial charge in [0.05, 0.1) is 19.8 Å². The van der Waals surface area contributed by atoms with Crippen molar-refractivity contribution in [1.82, 2.24) is 10.6 Å². The second kappa shape index (κ2) is 15.3. The molecule has 0 radical (unpaired) electrons. The Bertz CT molecular complexity index is 663. The molecule has 0 aliphatic carbocycles. The highest BCUT2D eigenvalue weighted by molar-refractivity contribution is 14.0. The zero-order valence-corrected chi connectivity index (χ0v) is 19.1. The number of benzene rings is 2. The van der Waals surface area contributed by atoms with E-state index in [2.05, 4.69) is 58.9 Å². The maximum Gasteiger partial charge on any atom is 0.191 e. The molecule has 0 unspecified atom stereocenters. The normalized spacial score (nSPS) is 11.0. The van der Waals surface area contributed by atoms with Crippen LogP contribution in [0.1, 0.15) is 30.0 Å². The predicted octanol–water partition coefficient (Wildman–Crippen LogP) is 4.11. The van der Waals surface area contributed by atoms with E-state index in [4.69, 9.17) is 9.47 Å². The number of nitrogens with zero attached hydrogens (tertiary/aromatic N) is 1. The average molecular weight is 497 g/mol. The largest absolute Gasteiger partial charge is 0.385 e. The van der Waals surface area contributed by atoms with Gasteiger partial charge in [0.15, 0.2) is 5.96 Å². The summed E-state index contributed by atoms with van der Waals surface area (Å²) in [6, 6.07) is 18.7. The number of ether oxygens (including phenoxy) is 2. The van der Waals surface area contributed by atoms with Gasteiger partial charge in [-0.1, -0.05) is 54.6 Å². The van der Waals surface area contributed by atoms with Crippen molar-refractivity contribution in [2.75, 3.05) is 26.8 Å². The van der Waals surface area contributed by atoms with Gasteiger partial charge in [0.2, 0.25) is 0 Å². The van der Waals surface area contributed by atoms with Crippen LogP contribution in [0.4, 0.5) is 0 Å². The number of guanidine groups is 1. The summed E-state index contributed by atoms with van der Waals surface area (Å²) in [5.74, 6) is 0.837. The lowest BCUT2D eigenvalue weighted by Crippen LogP contribution is -2.38. The first-order chi connectivity index (χ1) is 13.3. The summed E-state index contributed by atoms with van der Waals surface area (Å²) in [5.41, 5.74) is 3.54. The van der Waals surface area contributed by atoms with Gasteiger partial charge in [0.1, 0.15) is 0 Å². The van der Waals surface area contributed by atoms with E-state index in [1.807, 2.05) is 18.2 Å². The molecule has 0 spiro atoms. The molecule has 28 heavy (non-hydrogen) atoms. The van der Waals surface area contributed by atoms with E-state index >= 15 is 0 Å². The van der Waals surface area contributed by atoms with E-state index in [1.165, 1.54) is 16.7 Å². The lowest BCUT2D eigenvalue weighted by molar-refractivity contribution is 0.107. The fraction of sp³-hybridized carbons (Fsp3) is 0.409. The van der Waals surface area contributed by atoms with E-state index < -0.39 is 0 Å². The third kappa shape index (κ3) is 10.1. The van der Waals surface area contributed by atoms with Crippen molar-refractivity contribution < 1.29 is 9.47 Å². The van der Waals surface area contributed by atoms with Crippen LogP contribution >= 0.6 is 24.0 Å². The minimum Gasteiger partial charge on any atom is -0.385 e. The molecule has 2 rings (SSSR count). The molecule has 0 amide bonds. The molecule has 0 heterocycles. The van der Waals surface area contributed by atoms with Crippen LogP contribution < -0.4 is 10.6 Å². The highest BCUT2D eigenvalue weighted by Crippen LogP contribution is 2.09. The van der Waals surface area contributed by atoms with Gasteiger partial charge in [0.25, 0.3) is 0 Å². The Morgan fingerprint density at radius 3 is 2.18 bits per heavy atom. The number of aliphatic imine (C=N–C) groups is 1. The lowest BCUT2D eigenvalue weighted by atomic mass is 10.1. The number of methoxy groups -OCH3 is 1. The van der Waals surface area contributed by atoms with Crippen molar-refractivity contribution >= 4 is 29.9 Å². The molecule has 154 valence electrons. The van der Waals surface area contributed by atoms with Crippen molar-refractivity contribution in [1.29, 1.82) is 0 Å². The Labute approximate surface area is 186 Å². The van der Waals surface area contributed by atoms with E-state index in [0.717, 1.165) is 32.1 Å². The maximum atomic E-state index is 5.78. The van der Waals surface area contributed by atoms with Crippen LogP contribution in [0.3, 0.4) is 0 Å². The number of hydrogen-bond acceptors (Lipinski definition) is 3. The summed E-state index contributed by atoms with van der Waals surface area (Å²) in [5, 5.41) is 6.58. The Morgan fingerprint density at radius 1 is 0.893 bits per heavy atom. The van der Waals surface area contributed by atoms with Gasteiger partial charge < -0.3 is 20.1 Å². The average Bonchev–Trinajstić information content (AvgIpc) is 2.71. The number of nitrogens with one attached hydrogen (secondary N) is 2. The molecule has 2 aromatic carbocycles. The standard InChI is InChI=1S/C22H31N3O2.HI/c1-3-23-22(24-14-7-15-26-2)25-16-19-10-12-21(13-11-19)18-27-17-20-8-5-4-6-9-20;/h4-6,8-13H,3,7,14-18H2,1-2H3,(H2,23,24,25);1H. The quantitative estimate of drug-likeness (QED) is 0.212. The van der Waals surface area contributed by atoms with Crippen LogP contribution in [-0.4, -0.2) is 32.8 Å². The van der Waals surface area contributed by atoms with Gasteiger partial charge in [-0.15, -0.1) is 24.0 Å². The zero-order valence-electron chi connectivity index (χ0n) is 16.8. The van der Waals surface area contributed by atoms with Gasteiger partial charge in [-0.2, -0.15) is 0 Å². The third-order valence-electron chi connectivity index (χ3n) is 3.98. The van der Waals surface area contributed by atoms with Crippen molar-refractivity contribution in [3.05, 3.63) is 71.3 Å². The van der Waals surface area contributed by atoms with Crippen LogP contribution in [0.15, 0.2) is 59.6 Å². The highest BCUT2D eigenvalue weighted by Gasteiger charge is 1.99. The second-order valence-electron chi connectivity index (χ2n) is 6.26. The first-order valence-corrected chi connectivity index (χ1v) is 9.52. The molecule has 0 aliphatic rings. The van der Waals surface area contributed by atoms with Crippen molar-refractivity contribution in [3.63, 3.8) is 0 Å². The zero-order chi connectivity index (χ0) is 19.2. The fourth-order valence-corrected chi connectivity index (χ4v) is 2.54. The van der Waals surface area contributed by atoms with Gasteiger partial charge in [0, 0.05) is 26.8 Å². The Morgan fingerprint density at radius 2 is 1.54 bits per heavy atom. The molecule has 0 saturated heterocycles. The van der Waals surface area contributed by atoms with Crippen LogP contribution in [0, 0.1) is 0 Å². The topological polar surface area (TPSA) is 54.9 Å². The Balaban J connectivity index is 0.00000392. The minimum absolute atomic E-state index is 0. The summed E-state index contributed by atoms with van der Waals surface area (Å²) in [6.45, 7) is 6.39. The monoisotopic (exact) mass is 497 g/mol. The molecule has 0 fully saturated rings. The van der Waals surface area contributed by atoms with Crippen molar-refractivity contribution in [3.8, 4) is 0 Å². The van der Waals surface area contributed by atoms with Gasteiger partial charge in [-0.3, -0.25) is 0 Å². The second-order valence-corrected chi connectivity index (χ2v) is 6.26. The number of rotatable bonds is 11. The third-order valence-corrected chi connectivity index (χ3v) is 3.98. The van der Waals surface area contributed by atoms with Gasteiger partial charge in [-0.05, 0) is 30.0 Å². The molecule has 0 aromatic heterocycles. The molecule has 0 atom stereocenters. The SMILES string of the molecule is CCNC(=NCc1ccc(COCc2ccccc2)cc1)NCCCOC.I.